The number of carbonyl (C=O) groups is 1. The number of hydrogen-bond acceptors (Lipinski definition) is 3. The molecular weight excluding hydrogens is 310 g/mol. The molecule has 2 heterocycles. The van der Waals surface area contributed by atoms with Crippen molar-refractivity contribution >= 4 is 5.91 Å². The number of carbonyl (C=O) groups excluding carboxylic acids is 1. The second kappa shape index (κ2) is 8.26. The van der Waals surface area contributed by atoms with Gasteiger partial charge in [-0.3, -0.25) is 14.7 Å². The molecule has 132 valence electrons. The Kier molecular flexibility index (Phi) is 5.82. The van der Waals surface area contributed by atoms with Gasteiger partial charge in [-0.15, -0.1) is 0 Å². The quantitative estimate of drug-likeness (QED) is 0.844. The Morgan fingerprint density at radius 1 is 1.16 bits per heavy atom. The lowest BCUT2D eigenvalue weighted by Gasteiger charge is -2.35. The summed E-state index contributed by atoms with van der Waals surface area (Å²) in [5.74, 6) is 0.129. The van der Waals surface area contributed by atoms with Gasteiger partial charge in [0, 0.05) is 37.4 Å². The van der Waals surface area contributed by atoms with Gasteiger partial charge >= 0.3 is 0 Å². The standard InChI is InChI=1S/C21H27N3O/c1-21(12-5-15-24(21)16-19-6-3-2-4-7-19)17-23-20(25)9-8-18-10-13-22-14-11-18/h2-4,6-7,10-11,13-14H,5,8-9,12,15-17H2,1H3,(H,23,25). The van der Waals surface area contributed by atoms with Crippen LogP contribution in [0, 0.1) is 0 Å². The Morgan fingerprint density at radius 3 is 2.68 bits per heavy atom. The normalized spacial score (nSPS) is 20.5. The van der Waals surface area contributed by atoms with Crippen molar-refractivity contribution in [3.63, 3.8) is 0 Å². The molecule has 0 spiro atoms. The topological polar surface area (TPSA) is 45.2 Å². The molecule has 1 unspecified atom stereocenters. The lowest BCUT2D eigenvalue weighted by molar-refractivity contribution is -0.121. The minimum Gasteiger partial charge on any atom is -0.354 e. The smallest absolute Gasteiger partial charge is 0.220 e. The third-order valence-corrected chi connectivity index (χ3v) is 5.18. The van der Waals surface area contributed by atoms with E-state index in [9.17, 15) is 4.79 Å². The van der Waals surface area contributed by atoms with Crippen LogP contribution >= 0.6 is 0 Å². The van der Waals surface area contributed by atoms with Gasteiger partial charge in [-0.1, -0.05) is 30.3 Å². The molecule has 1 atom stereocenters. The molecule has 4 nitrogen and oxygen atoms in total. The number of nitrogens with one attached hydrogen (secondary N) is 1. The van der Waals surface area contributed by atoms with E-state index in [1.807, 2.05) is 12.1 Å². The van der Waals surface area contributed by atoms with E-state index < -0.39 is 0 Å². The van der Waals surface area contributed by atoms with Crippen LogP contribution < -0.4 is 5.32 Å². The molecule has 2 aromatic rings. The summed E-state index contributed by atoms with van der Waals surface area (Å²) in [6, 6.07) is 14.5. The van der Waals surface area contributed by atoms with Crippen molar-refractivity contribution in [1.29, 1.82) is 0 Å². The second-order valence-electron chi connectivity index (χ2n) is 7.14. The molecule has 3 rings (SSSR count). The molecule has 1 aliphatic heterocycles. The number of pyridine rings is 1. The fraction of sp³-hybridized carbons (Fsp3) is 0.429. The second-order valence-corrected chi connectivity index (χ2v) is 7.14. The lowest BCUT2D eigenvalue weighted by atomic mass is 9.98. The molecule has 1 saturated heterocycles. The maximum absolute atomic E-state index is 12.2. The van der Waals surface area contributed by atoms with Crippen LogP contribution in [0.3, 0.4) is 0 Å². The minimum absolute atomic E-state index is 0.0438. The third-order valence-electron chi connectivity index (χ3n) is 5.18. The van der Waals surface area contributed by atoms with Crippen LogP contribution in [-0.2, 0) is 17.8 Å². The van der Waals surface area contributed by atoms with Gasteiger partial charge in [0.1, 0.15) is 0 Å². The Hall–Kier alpha value is -2.20. The first kappa shape index (κ1) is 17.6. The van der Waals surface area contributed by atoms with Crippen LogP contribution in [0.1, 0.15) is 37.3 Å². The molecule has 0 saturated carbocycles. The van der Waals surface area contributed by atoms with Crippen LogP contribution in [0.2, 0.25) is 0 Å². The largest absolute Gasteiger partial charge is 0.354 e. The average Bonchev–Trinajstić information content (AvgIpc) is 3.01. The molecule has 0 aliphatic carbocycles. The first-order valence-corrected chi connectivity index (χ1v) is 9.10. The number of aromatic nitrogens is 1. The zero-order valence-electron chi connectivity index (χ0n) is 14.9. The fourth-order valence-corrected chi connectivity index (χ4v) is 3.54. The molecule has 1 aromatic heterocycles. The van der Waals surface area contributed by atoms with Gasteiger partial charge in [0.05, 0.1) is 0 Å². The molecule has 1 aromatic carbocycles. The zero-order valence-corrected chi connectivity index (χ0v) is 14.9. The number of amides is 1. The van der Waals surface area contributed by atoms with E-state index in [0.717, 1.165) is 38.0 Å². The van der Waals surface area contributed by atoms with Gasteiger partial charge < -0.3 is 5.32 Å². The Morgan fingerprint density at radius 2 is 1.92 bits per heavy atom. The molecule has 0 radical (unpaired) electrons. The van der Waals surface area contributed by atoms with Gasteiger partial charge in [0.25, 0.3) is 0 Å². The van der Waals surface area contributed by atoms with Gasteiger partial charge in [-0.05, 0) is 56.0 Å². The fourth-order valence-electron chi connectivity index (χ4n) is 3.54. The van der Waals surface area contributed by atoms with E-state index in [0.29, 0.717) is 6.42 Å². The molecular formula is C21H27N3O. The molecule has 1 N–H and O–H groups in total. The van der Waals surface area contributed by atoms with Crippen molar-refractivity contribution in [2.45, 2.75) is 44.7 Å². The van der Waals surface area contributed by atoms with Crippen LogP contribution in [0.15, 0.2) is 54.9 Å². The summed E-state index contributed by atoms with van der Waals surface area (Å²) in [4.78, 5) is 18.7. The lowest BCUT2D eigenvalue weighted by Crippen LogP contribution is -2.49. The minimum atomic E-state index is 0.0438. The van der Waals surface area contributed by atoms with Crippen molar-refractivity contribution in [1.82, 2.24) is 15.2 Å². The van der Waals surface area contributed by atoms with Crippen LogP contribution in [0.25, 0.3) is 0 Å². The van der Waals surface area contributed by atoms with Gasteiger partial charge in [-0.2, -0.15) is 0 Å². The highest BCUT2D eigenvalue weighted by Crippen LogP contribution is 2.30. The highest BCUT2D eigenvalue weighted by molar-refractivity contribution is 5.76. The highest BCUT2D eigenvalue weighted by atomic mass is 16.1. The Bertz CT molecular complexity index is 674. The van der Waals surface area contributed by atoms with Crippen molar-refractivity contribution < 1.29 is 4.79 Å². The molecule has 1 amide bonds. The van der Waals surface area contributed by atoms with Crippen molar-refractivity contribution in [3.8, 4) is 0 Å². The summed E-state index contributed by atoms with van der Waals surface area (Å²) in [5, 5.41) is 3.15. The average molecular weight is 337 g/mol. The summed E-state index contributed by atoms with van der Waals surface area (Å²) in [5.41, 5.74) is 2.53. The monoisotopic (exact) mass is 337 g/mol. The number of benzene rings is 1. The molecule has 25 heavy (non-hydrogen) atoms. The van der Waals surface area contributed by atoms with Gasteiger partial charge in [0.2, 0.25) is 5.91 Å². The zero-order chi connectivity index (χ0) is 17.5. The summed E-state index contributed by atoms with van der Waals surface area (Å²) >= 11 is 0. The SMILES string of the molecule is CC1(CNC(=O)CCc2ccncc2)CCCN1Cc1ccccc1. The summed E-state index contributed by atoms with van der Waals surface area (Å²) in [7, 11) is 0. The number of aryl methyl sites for hydroxylation is 1. The number of hydrogen-bond donors (Lipinski definition) is 1. The van der Waals surface area contributed by atoms with E-state index in [1.54, 1.807) is 12.4 Å². The Labute approximate surface area is 150 Å². The van der Waals surface area contributed by atoms with Gasteiger partial charge in [0.15, 0.2) is 0 Å². The summed E-state index contributed by atoms with van der Waals surface area (Å²) in [6.07, 6.45) is 7.15. The summed E-state index contributed by atoms with van der Waals surface area (Å²) in [6.45, 7) is 5.03. The molecule has 1 fully saturated rings. The highest BCUT2D eigenvalue weighted by Gasteiger charge is 2.36. The van der Waals surface area contributed by atoms with Crippen LogP contribution in [-0.4, -0.2) is 34.4 Å². The maximum Gasteiger partial charge on any atom is 0.220 e. The third kappa shape index (κ3) is 4.89. The molecule has 4 heteroatoms. The van der Waals surface area contributed by atoms with Crippen molar-refractivity contribution in [2.75, 3.05) is 13.1 Å². The van der Waals surface area contributed by atoms with Gasteiger partial charge in [-0.25, -0.2) is 0 Å². The molecule has 1 aliphatic rings. The van der Waals surface area contributed by atoms with Crippen molar-refractivity contribution in [3.05, 3.63) is 66.0 Å². The van der Waals surface area contributed by atoms with Crippen molar-refractivity contribution in [2.24, 2.45) is 0 Å². The van der Waals surface area contributed by atoms with E-state index >= 15 is 0 Å². The maximum atomic E-state index is 12.2. The molecule has 0 bridgehead atoms. The number of rotatable bonds is 7. The summed E-state index contributed by atoms with van der Waals surface area (Å²) < 4.78 is 0. The first-order chi connectivity index (χ1) is 12.2. The number of likely N-dealkylation sites (tertiary alicyclic amines) is 1. The van der Waals surface area contributed by atoms with Crippen LogP contribution in [0.5, 0.6) is 0 Å². The van der Waals surface area contributed by atoms with E-state index in [1.165, 1.54) is 12.0 Å². The van der Waals surface area contributed by atoms with E-state index in [-0.39, 0.29) is 11.4 Å². The van der Waals surface area contributed by atoms with E-state index in [4.69, 9.17) is 0 Å². The Balaban J connectivity index is 1.49. The predicted octanol–water partition coefficient (Wildman–Crippen LogP) is 3.19. The first-order valence-electron chi connectivity index (χ1n) is 9.10. The number of nitrogens with zero attached hydrogens (tertiary/aromatic N) is 2. The predicted molar refractivity (Wildman–Crippen MR) is 100 cm³/mol. The van der Waals surface area contributed by atoms with Crippen LogP contribution in [0.4, 0.5) is 0 Å². The van der Waals surface area contributed by atoms with E-state index in [2.05, 4.69) is 52.5 Å².